The molecule has 1 aliphatic heterocycles. The Hall–Kier alpha value is -2.76. The molecule has 4 rings (SSSR count). The summed E-state index contributed by atoms with van der Waals surface area (Å²) in [4.78, 5) is 15.3. The second-order valence-electron chi connectivity index (χ2n) is 9.37. The number of halogens is 1. The van der Waals surface area contributed by atoms with Crippen LogP contribution in [-0.4, -0.2) is 42.1 Å². The lowest BCUT2D eigenvalue weighted by atomic mass is 10.1. The van der Waals surface area contributed by atoms with Crippen molar-refractivity contribution in [3.8, 4) is 23.0 Å². The molecular formula is C32H34INO5S2. The van der Waals surface area contributed by atoms with Crippen LogP contribution in [0.5, 0.6) is 23.0 Å². The van der Waals surface area contributed by atoms with Crippen LogP contribution in [0.15, 0.2) is 71.6 Å². The van der Waals surface area contributed by atoms with Crippen LogP contribution in [0.1, 0.15) is 43.7 Å². The van der Waals surface area contributed by atoms with Gasteiger partial charge < -0.3 is 18.9 Å². The number of amides is 1. The number of rotatable bonds is 15. The highest BCUT2D eigenvalue weighted by Gasteiger charge is 2.32. The van der Waals surface area contributed by atoms with Crippen LogP contribution in [0.3, 0.4) is 0 Å². The van der Waals surface area contributed by atoms with Crippen molar-refractivity contribution in [2.24, 2.45) is 0 Å². The van der Waals surface area contributed by atoms with Gasteiger partial charge in [-0.15, -0.1) is 0 Å². The van der Waals surface area contributed by atoms with Crippen LogP contribution in [0.4, 0.5) is 0 Å². The molecule has 6 nitrogen and oxygen atoms in total. The first-order valence-corrected chi connectivity index (χ1v) is 15.9. The van der Waals surface area contributed by atoms with Gasteiger partial charge in [0.15, 0.2) is 11.5 Å². The standard InChI is InChI=1S/C32H34INO5S2/c1-3-4-5-9-16-37-25-12-14-26(15-13-25)38-17-18-39-30-27(33)19-24(20-28(30)36-2)21-29-31(35)34(32(40)41-29)22-23-10-7-6-8-11-23/h6-8,10-15,19-21H,3-5,9,16-18,22H2,1-2H3. The fourth-order valence-electron chi connectivity index (χ4n) is 4.17. The molecule has 0 unspecified atom stereocenters. The number of carbonyl (C=O) groups excluding carboxylic acids is 1. The first-order valence-electron chi connectivity index (χ1n) is 13.6. The molecule has 0 spiro atoms. The van der Waals surface area contributed by atoms with Gasteiger partial charge >= 0.3 is 0 Å². The number of thiocarbonyl (C=S) groups is 1. The van der Waals surface area contributed by atoms with Crippen LogP contribution < -0.4 is 18.9 Å². The van der Waals surface area contributed by atoms with Crippen molar-refractivity contribution in [2.75, 3.05) is 26.9 Å². The number of ether oxygens (including phenoxy) is 4. The smallest absolute Gasteiger partial charge is 0.266 e. The zero-order valence-electron chi connectivity index (χ0n) is 23.3. The SMILES string of the molecule is CCCCCCOc1ccc(OCCOc2c(I)cc(C=C3SC(=S)N(Cc4ccccc4)C3=O)cc2OC)cc1. The van der Waals surface area contributed by atoms with E-state index in [0.29, 0.717) is 40.5 Å². The Morgan fingerprint density at radius 3 is 2.27 bits per heavy atom. The van der Waals surface area contributed by atoms with Gasteiger partial charge in [-0.2, -0.15) is 0 Å². The maximum Gasteiger partial charge on any atom is 0.266 e. The number of carbonyl (C=O) groups is 1. The van der Waals surface area contributed by atoms with Crippen LogP contribution >= 0.6 is 46.6 Å². The molecule has 1 aliphatic rings. The zero-order valence-corrected chi connectivity index (χ0v) is 27.1. The minimum atomic E-state index is -0.0955. The first-order chi connectivity index (χ1) is 20.0. The third-order valence-electron chi connectivity index (χ3n) is 6.30. The predicted molar refractivity (Wildman–Crippen MR) is 178 cm³/mol. The molecular weight excluding hydrogens is 669 g/mol. The van der Waals surface area contributed by atoms with Crippen molar-refractivity contribution in [2.45, 2.75) is 39.2 Å². The summed E-state index contributed by atoms with van der Waals surface area (Å²) < 4.78 is 24.7. The molecule has 216 valence electrons. The van der Waals surface area contributed by atoms with E-state index in [1.54, 1.807) is 12.0 Å². The average Bonchev–Trinajstić information content (AvgIpc) is 3.24. The molecule has 41 heavy (non-hydrogen) atoms. The normalized spacial score (nSPS) is 14.0. The maximum atomic E-state index is 13.1. The van der Waals surface area contributed by atoms with E-state index in [-0.39, 0.29) is 5.91 Å². The third-order valence-corrected chi connectivity index (χ3v) is 8.47. The lowest BCUT2D eigenvalue weighted by Gasteiger charge is -2.15. The van der Waals surface area contributed by atoms with Crippen LogP contribution in [0.25, 0.3) is 6.08 Å². The van der Waals surface area contributed by atoms with Crippen molar-refractivity contribution in [3.63, 3.8) is 0 Å². The Bertz CT molecular complexity index is 1350. The third kappa shape index (κ3) is 9.11. The van der Waals surface area contributed by atoms with Gasteiger partial charge in [-0.05, 0) is 82.6 Å². The molecule has 0 aliphatic carbocycles. The summed E-state index contributed by atoms with van der Waals surface area (Å²) in [5.74, 6) is 2.74. The van der Waals surface area contributed by atoms with Gasteiger partial charge in [0, 0.05) is 0 Å². The Balaban J connectivity index is 1.30. The molecule has 0 radical (unpaired) electrons. The lowest BCUT2D eigenvalue weighted by Crippen LogP contribution is -2.27. The van der Waals surface area contributed by atoms with E-state index in [0.717, 1.165) is 39.2 Å². The quantitative estimate of drug-likeness (QED) is 0.0686. The van der Waals surface area contributed by atoms with Gasteiger partial charge in [-0.3, -0.25) is 9.69 Å². The van der Waals surface area contributed by atoms with Gasteiger partial charge in [0.05, 0.1) is 28.7 Å². The van der Waals surface area contributed by atoms with E-state index < -0.39 is 0 Å². The predicted octanol–water partition coefficient (Wildman–Crippen LogP) is 8.12. The maximum absolute atomic E-state index is 13.1. The highest BCUT2D eigenvalue weighted by Crippen LogP contribution is 2.38. The monoisotopic (exact) mass is 703 g/mol. The summed E-state index contributed by atoms with van der Waals surface area (Å²) in [7, 11) is 1.60. The summed E-state index contributed by atoms with van der Waals surface area (Å²) >= 11 is 9.03. The highest BCUT2D eigenvalue weighted by atomic mass is 127. The van der Waals surface area contributed by atoms with E-state index in [1.807, 2.05) is 72.8 Å². The van der Waals surface area contributed by atoms with Crippen molar-refractivity contribution in [1.29, 1.82) is 0 Å². The number of thioether (sulfide) groups is 1. The summed E-state index contributed by atoms with van der Waals surface area (Å²) in [5, 5.41) is 0. The zero-order chi connectivity index (χ0) is 29.0. The van der Waals surface area contributed by atoms with Crippen molar-refractivity contribution in [1.82, 2.24) is 4.90 Å². The molecule has 0 bridgehead atoms. The number of hydrogen-bond donors (Lipinski definition) is 0. The fourth-order valence-corrected chi connectivity index (χ4v) is 6.21. The van der Waals surface area contributed by atoms with Crippen molar-refractivity contribution in [3.05, 3.63) is 86.3 Å². The molecule has 0 aromatic heterocycles. The summed E-state index contributed by atoms with van der Waals surface area (Å²) in [6, 6.07) is 21.3. The highest BCUT2D eigenvalue weighted by molar-refractivity contribution is 14.1. The van der Waals surface area contributed by atoms with Crippen LogP contribution in [0.2, 0.25) is 0 Å². The minimum Gasteiger partial charge on any atom is -0.494 e. The molecule has 3 aromatic carbocycles. The lowest BCUT2D eigenvalue weighted by molar-refractivity contribution is -0.122. The molecule has 0 N–H and O–H groups in total. The van der Waals surface area contributed by atoms with Gasteiger partial charge in [0.2, 0.25) is 0 Å². The number of benzene rings is 3. The van der Waals surface area contributed by atoms with E-state index in [9.17, 15) is 4.79 Å². The van der Waals surface area contributed by atoms with Crippen molar-refractivity contribution < 1.29 is 23.7 Å². The second kappa shape index (κ2) is 16.0. The number of methoxy groups -OCH3 is 1. The average molecular weight is 704 g/mol. The number of nitrogens with zero attached hydrogens (tertiary/aromatic N) is 1. The van der Waals surface area contributed by atoms with Crippen molar-refractivity contribution >= 4 is 62.9 Å². The number of unbranched alkanes of at least 4 members (excludes halogenated alkanes) is 3. The summed E-state index contributed by atoms with van der Waals surface area (Å²) in [6.07, 6.45) is 6.58. The van der Waals surface area contributed by atoms with Gasteiger partial charge in [-0.1, -0.05) is 80.5 Å². The number of hydrogen-bond acceptors (Lipinski definition) is 7. The van der Waals surface area contributed by atoms with E-state index in [2.05, 4.69) is 29.5 Å². The topological polar surface area (TPSA) is 57.2 Å². The summed E-state index contributed by atoms with van der Waals surface area (Å²) in [5.41, 5.74) is 1.87. The minimum absolute atomic E-state index is 0.0955. The first kappa shape index (κ1) is 31.2. The molecule has 9 heteroatoms. The molecule has 1 heterocycles. The van der Waals surface area contributed by atoms with Crippen LogP contribution in [-0.2, 0) is 11.3 Å². The molecule has 0 atom stereocenters. The Labute approximate surface area is 265 Å². The Kier molecular flexibility index (Phi) is 12.2. The van der Waals surface area contributed by atoms with Gasteiger partial charge in [-0.25, -0.2) is 0 Å². The second-order valence-corrected chi connectivity index (χ2v) is 12.2. The van der Waals surface area contributed by atoms with Gasteiger partial charge in [0.25, 0.3) is 5.91 Å². The van der Waals surface area contributed by atoms with Crippen LogP contribution in [0, 0.1) is 3.57 Å². The van der Waals surface area contributed by atoms with Gasteiger partial charge in [0.1, 0.15) is 29.0 Å². The van der Waals surface area contributed by atoms with E-state index >= 15 is 0 Å². The summed E-state index contributed by atoms with van der Waals surface area (Å²) in [6.45, 7) is 4.12. The molecule has 0 saturated carbocycles. The molecule has 3 aromatic rings. The molecule has 1 fully saturated rings. The fraction of sp³-hybridized carbons (Fsp3) is 0.312. The Morgan fingerprint density at radius 2 is 1.59 bits per heavy atom. The molecule has 1 amide bonds. The van der Waals surface area contributed by atoms with E-state index in [4.69, 9.17) is 31.2 Å². The Morgan fingerprint density at radius 1 is 0.902 bits per heavy atom. The van der Waals surface area contributed by atoms with E-state index in [1.165, 1.54) is 31.0 Å². The molecule has 1 saturated heterocycles. The largest absolute Gasteiger partial charge is 0.494 e.